The van der Waals surface area contributed by atoms with Crippen molar-refractivity contribution in [3.8, 4) is 0 Å². The van der Waals surface area contributed by atoms with Crippen LogP contribution in [0.1, 0.15) is 12.8 Å². The van der Waals surface area contributed by atoms with Crippen molar-refractivity contribution < 1.29 is 9.50 Å². The molecular formula is C19H21FN6O. The van der Waals surface area contributed by atoms with E-state index in [-0.39, 0.29) is 12.4 Å². The first-order valence-electron chi connectivity index (χ1n) is 8.68. The van der Waals surface area contributed by atoms with Crippen LogP contribution in [0.3, 0.4) is 0 Å². The van der Waals surface area contributed by atoms with Crippen LogP contribution in [0.4, 0.5) is 33.6 Å². The molecule has 0 aliphatic rings. The number of hydrogen-bond donors (Lipinski definition) is 4. The molecule has 0 saturated carbocycles. The third-order valence-electron chi connectivity index (χ3n) is 3.63. The van der Waals surface area contributed by atoms with Gasteiger partial charge in [-0.2, -0.15) is 15.0 Å². The predicted octanol–water partition coefficient (Wildman–Crippen LogP) is 3.68. The molecule has 3 rings (SSSR count). The predicted molar refractivity (Wildman–Crippen MR) is 104 cm³/mol. The number of aromatic nitrogens is 3. The Morgan fingerprint density at radius 2 is 1.33 bits per heavy atom. The maximum atomic E-state index is 13.1. The zero-order valence-corrected chi connectivity index (χ0v) is 14.7. The smallest absolute Gasteiger partial charge is 0.233 e. The molecular weight excluding hydrogens is 347 g/mol. The number of nitrogens with zero attached hydrogens (tertiary/aromatic N) is 3. The van der Waals surface area contributed by atoms with Gasteiger partial charge in [0.2, 0.25) is 17.8 Å². The highest BCUT2D eigenvalue weighted by Crippen LogP contribution is 2.18. The van der Waals surface area contributed by atoms with E-state index in [9.17, 15) is 4.39 Å². The van der Waals surface area contributed by atoms with Crippen LogP contribution >= 0.6 is 0 Å². The lowest BCUT2D eigenvalue weighted by Crippen LogP contribution is -2.10. The third-order valence-corrected chi connectivity index (χ3v) is 3.63. The Hall–Kier alpha value is -3.26. The fourth-order valence-electron chi connectivity index (χ4n) is 2.32. The second kappa shape index (κ2) is 9.44. The second-order valence-electron chi connectivity index (χ2n) is 5.79. The van der Waals surface area contributed by atoms with Gasteiger partial charge in [0.15, 0.2) is 0 Å². The number of rotatable bonds is 9. The fourth-order valence-corrected chi connectivity index (χ4v) is 2.32. The SMILES string of the molecule is OCCCCNc1nc(Nc2ccccc2)nc(Nc2ccc(F)cc2)n1. The summed E-state index contributed by atoms with van der Waals surface area (Å²) in [5, 5.41) is 18.2. The lowest BCUT2D eigenvalue weighted by atomic mass is 10.3. The zero-order chi connectivity index (χ0) is 18.9. The van der Waals surface area contributed by atoms with Crippen molar-refractivity contribution in [1.29, 1.82) is 0 Å². The molecule has 0 saturated heterocycles. The molecule has 140 valence electrons. The number of unbranched alkanes of at least 4 members (excludes halogenated alkanes) is 1. The summed E-state index contributed by atoms with van der Waals surface area (Å²) in [5.41, 5.74) is 1.52. The molecule has 0 aliphatic carbocycles. The minimum Gasteiger partial charge on any atom is -0.396 e. The van der Waals surface area contributed by atoms with Crippen molar-refractivity contribution in [2.24, 2.45) is 0 Å². The van der Waals surface area contributed by atoms with Gasteiger partial charge in [0.25, 0.3) is 0 Å². The van der Waals surface area contributed by atoms with E-state index < -0.39 is 0 Å². The van der Waals surface area contributed by atoms with Crippen LogP contribution < -0.4 is 16.0 Å². The number of benzene rings is 2. The van der Waals surface area contributed by atoms with E-state index in [0.29, 0.717) is 36.5 Å². The van der Waals surface area contributed by atoms with Gasteiger partial charge in [0.05, 0.1) is 0 Å². The van der Waals surface area contributed by atoms with E-state index in [1.165, 1.54) is 12.1 Å². The summed E-state index contributed by atoms with van der Waals surface area (Å²) in [7, 11) is 0. The molecule has 4 N–H and O–H groups in total. The summed E-state index contributed by atoms with van der Waals surface area (Å²) >= 11 is 0. The maximum absolute atomic E-state index is 13.1. The molecule has 8 heteroatoms. The van der Waals surface area contributed by atoms with Crippen molar-refractivity contribution in [1.82, 2.24) is 15.0 Å². The van der Waals surface area contributed by atoms with Crippen LogP contribution in [0, 0.1) is 5.82 Å². The Labute approximate surface area is 156 Å². The first-order chi connectivity index (χ1) is 13.2. The van der Waals surface area contributed by atoms with E-state index >= 15 is 0 Å². The van der Waals surface area contributed by atoms with Gasteiger partial charge < -0.3 is 21.1 Å². The first-order valence-corrected chi connectivity index (χ1v) is 8.68. The van der Waals surface area contributed by atoms with Crippen LogP contribution in [-0.2, 0) is 0 Å². The van der Waals surface area contributed by atoms with Gasteiger partial charge in [0.1, 0.15) is 5.82 Å². The average Bonchev–Trinajstić information content (AvgIpc) is 2.68. The summed E-state index contributed by atoms with van der Waals surface area (Å²) in [5.74, 6) is 0.810. The van der Waals surface area contributed by atoms with Crippen molar-refractivity contribution >= 4 is 29.2 Å². The van der Waals surface area contributed by atoms with Gasteiger partial charge in [-0.25, -0.2) is 4.39 Å². The number of nitrogens with one attached hydrogen (secondary N) is 3. The summed E-state index contributed by atoms with van der Waals surface area (Å²) in [6, 6.07) is 15.5. The van der Waals surface area contributed by atoms with Crippen LogP contribution in [0.25, 0.3) is 0 Å². The molecule has 0 bridgehead atoms. The van der Waals surface area contributed by atoms with Gasteiger partial charge in [-0.05, 0) is 49.2 Å². The number of aliphatic hydroxyl groups excluding tert-OH is 1. The monoisotopic (exact) mass is 368 g/mol. The Balaban J connectivity index is 1.79. The van der Waals surface area contributed by atoms with E-state index in [4.69, 9.17) is 5.11 Å². The Bertz CT molecular complexity index is 845. The summed E-state index contributed by atoms with van der Waals surface area (Å²) in [6.45, 7) is 0.780. The highest BCUT2D eigenvalue weighted by atomic mass is 19.1. The van der Waals surface area contributed by atoms with E-state index in [0.717, 1.165) is 12.1 Å². The number of hydrogen-bond acceptors (Lipinski definition) is 7. The third kappa shape index (κ3) is 5.89. The van der Waals surface area contributed by atoms with Gasteiger partial charge in [-0.3, -0.25) is 0 Å². The van der Waals surface area contributed by atoms with Crippen LogP contribution in [0.15, 0.2) is 54.6 Å². The van der Waals surface area contributed by atoms with E-state index in [2.05, 4.69) is 30.9 Å². The zero-order valence-electron chi connectivity index (χ0n) is 14.7. The number of anilines is 5. The van der Waals surface area contributed by atoms with Crippen LogP contribution in [0.2, 0.25) is 0 Å². The molecule has 7 nitrogen and oxygen atoms in total. The minimum atomic E-state index is -0.311. The molecule has 0 unspecified atom stereocenters. The molecule has 0 aliphatic heterocycles. The Morgan fingerprint density at radius 1 is 0.741 bits per heavy atom. The summed E-state index contributed by atoms with van der Waals surface area (Å²) in [4.78, 5) is 13.1. The molecule has 27 heavy (non-hydrogen) atoms. The Morgan fingerprint density at radius 3 is 1.96 bits per heavy atom. The average molecular weight is 368 g/mol. The maximum Gasteiger partial charge on any atom is 0.233 e. The van der Waals surface area contributed by atoms with Crippen molar-refractivity contribution in [3.05, 3.63) is 60.4 Å². The molecule has 1 aromatic heterocycles. The van der Waals surface area contributed by atoms with E-state index in [1.54, 1.807) is 12.1 Å². The van der Waals surface area contributed by atoms with Gasteiger partial charge in [0, 0.05) is 24.5 Å². The second-order valence-corrected chi connectivity index (χ2v) is 5.79. The molecule has 0 atom stereocenters. The Kier molecular flexibility index (Phi) is 6.48. The first kappa shape index (κ1) is 18.5. The highest BCUT2D eigenvalue weighted by molar-refractivity contribution is 5.59. The summed E-state index contributed by atoms with van der Waals surface area (Å²) in [6.07, 6.45) is 1.50. The molecule has 3 aromatic rings. The van der Waals surface area contributed by atoms with Crippen LogP contribution in [0.5, 0.6) is 0 Å². The lowest BCUT2D eigenvalue weighted by Gasteiger charge is -2.11. The molecule has 0 spiro atoms. The molecule has 2 aromatic carbocycles. The quantitative estimate of drug-likeness (QED) is 0.428. The molecule has 0 amide bonds. The van der Waals surface area contributed by atoms with Crippen molar-refractivity contribution in [2.45, 2.75) is 12.8 Å². The molecule has 0 radical (unpaired) electrons. The standard InChI is InChI=1S/C19H21FN6O/c20-14-8-10-16(11-9-14)23-19-25-17(21-12-4-5-13-27)24-18(26-19)22-15-6-2-1-3-7-15/h1-3,6-11,27H,4-5,12-13H2,(H3,21,22,23,24,25,26). The number of aliphatic hydroxyl groups is 1. The number of halogens is 1. The van der Waals surface area contributed by atoms with Crippen molar-refractivity contribution in [2.75, 3.05) is 29.1 Å². The summed E-state index contributed by atoms with van der Waals surface area (Å²) < 4.78 is 13.1. The number of para-hydroxylation sites is 1. The van der Waals surface area contributed by atoms with Crippen molar-refractivity contribution in [3.63, 3.8) is 0 Å². The van der Waals surface area contributed by atoms with Crippen LogP contribution in [-0.4, -0.2) is 33.2 Å². The lowest BCUT2D eigenvalue weighted by molar-refractivity contribution is 0.286. The topological polar surface area (TPSA) is 95.0 Å². The fraction of sp³-hybridized carbons (Fsp3) is 0.211. The minimum absolute atomic E-state index is 0.150. The van der Waals surface area contributed by atoms with E-state index in [1.807, 2.05) is 30.3 Å². The normalized spacial score (nSPS) is 10.4. The van der Waals surface area contributed by atoms with Gasteiger partial charge in [-0.15, -0.1) is 0 Å². The molecule has 1 heterocycles. The largest absolute Gasteiger partial charge is 0.396 e. The molecule has 0 fully saturated rings. The highest BCUT2D eigenvalue weighted by Gasteiger charge is 2.08. The van der Waals surface area contributed by atoms with Gasteiger partial charge >= 0.3 is 0 Å². The van der Waals surface area contributed by atoms with Gasteiger partial charge in [-0.1, -0.05) is 18.2 Å².